The smallest absolute Gasteiger partial charge is 0.251 e. The lowest BCUT2D eigenvalue weighted by Gasteiger charge is -2.13. The van der Waals surface area contributed by atoms with Crippen molar-refractivity contribution in [2.24, 2.45) is 0 Å². The average Bonchev–Trinajstić information content (AvgIpc) is 3.06. The minimum atomic E-state index is -0.166. The lowest BCUT2D eigenvalue weighted by Crippen LogP contribution is -2.25. The minimum Gasteiger partial charge on any atom is -0.345 e. The molecule has 4 aromatic rings. The zero-order chi connectivity index (χ0) is 20.4. The number of halogens is 3. The maximum absolute atomic E-state index is 12.6. The first-order valence-electron chi connectivity index (χ1n) is 8.94. The van der Waals surface area contributed by atoms with Crippen LogP contribution in [-0.4, -0.2) is 15.5 Å². The molecule has 0 radical (unpaired) electrons. The van der Waals surface area contributed by atoms with Gasteiger partial charge in [-0.2, -0.15) is 0 Å². The number of aromatic nitrogens is 2. The van der Waals surface area contributed by atoms with Crippen LogP contribution in [0.5, 0.6) is 0 Å². The molecule has 0 spiro atoms. The molecule has 3 aromatic carbocycles. The van der Waals surface area contributed by atoms with Crippen molar-refractivity contribution in [3.63, 3.8) is 0 Å². The predicted molar refractivity (Wildman–Crippen MR) is 121 cm³/mol. The Bertz CT molecular complexity index is 1190. The van der Waals surface area contributed by atoms with Crippen LogP contribution in [0.4, 0.5) is 0 Å². The van der Waals surface area contributed by atoms with Crippen LogP contribution in [-0.2, 0) is 13.1 Å². The van der Waals surface area contributed by atoms with Gasteiger partial charge in [0.25, 0.3) is 5.91 Å². The molecule has 1 aromatic heterocycles. The van der Waals surface area contributed by atoms with E-state index in [9.17, 15) is 4.79 Å². The number of carbonyl (C=O) groups excluding carboxylic acids is 1. The van der Waals surface area contributed by atoms with Crippen molar-refractivity contribution in [3.8, 4) is 0 Å². The Morgan fingerprint density at radius 2 is 1.72 bits per heavy atom. The fourth-order valence-corrected chi connectivity index (χ4v) is 4.09. The molecule has 0 atom stereocenters. The Balaban J connectivity index is 1.66. The molecular weight excluding hydrogens is 473 g/mol. The van der Waals surface area contributed by atoms with Gasteiger partial charge in [-0.3, -0.25) is 4.79 Å². The van der Waals surface area contributed by atoms with Crippen molar-refractivity contribution in [1.29, 1.82) is 0 Å². The number of nitrogens with zero attached hydrogens (tertiary/aromatic N) is 2. The summed E-state index contributed by atoms with van der Waals surface area (Å²) in [4.78, 5) is 17.3. The van der Waals surface area contributed by atoms with Crippen LogP contribution in [0.25, 0.3) is 11.0 Å². The zero-order valence-electron chi connectivity index (χ0n) is 15.2. The third-order valence-electron chi connectivity index (χ3n) is 4.61. The highest BCUT2D eigenvalue weighted by Gasteiger charge is 2.15. The van der Waals surface area contributed by atoms with E-state index in [1.165, 1.54) is 0 Å². The van der Waals surface area contributed by atoms with Crippen LogP contribution in [0.3, 0.4) is 0 Å². The van der Waals surface area contributed by atoms with E-state index in [1.54, 1.807) is 12.1 Å². The summed E-state index contributed by atoms with van der Waals surface area (Å²) in [7, 11) is 0. The lowest BCUT2D eigenvalue weighted by atomic mass is 10.2. The van der Waals surface area contributed by atoms with Gasteiger partial charge in [-0.15, -0.1) is 0 Å². The van der Waals surface area contributed by atoms with Gasteiger partial charge in [-0.25, -0.2) is 4.98 Å². The van der Waals surface area contributed by atoms with Crippen molar-refractivity contribution < 1.29 is 4.79 Å². The van der Waals surface area contributed by atoms with Gasteiger partial charge in [0.1, 0.15) is 5.82 Å². The number of fused-ring (bicyclic) bond motifs is 1. The van der Waals surface area contributed by atoms with E-state index in [4.69, 9.17) is 28.2 Å². The van der Waals surface area contributed by atoms with E-state index in [0.717, 1.165) is 26.9 Å². The number of nitrogens with one attached hydrogen (secondary N) is 1. The van der Waals surface area contributed by atoms with Gasteiger partial charge in [0.05, 0.1) is 24.1 Å². The van der Waals surface area contributed by atoms with E-state index >= 15 is 0 Å². The van der Waals surface area contributed by atoms with Gasteiger partial charge >= 0.3 is 0 Å². The number of rotatable bonds is 5. The summed E-state index contributed by atoms with van der Waals surface area (Å²) < 4.78 is 2.88. The Hall–Kier alpha value is -2.34. The molecule has 1 amide bonds. The van der Waals surface area contributed by atoms with Crippen molar-refractivity contribution in [1.82, 2.24) is 14.9 Å². The number of benzene rings is 3. The molecule has 0 unspecified atom stereocenters. The monoisotopic (exact) mass is 487 g/mol. The summed E-state index contributed by atoms with van der Waals surface area (Å²) in [6.45, 7) is 0.739. The number of hydrogen-bond donors (Lipinski definition) is 1. The number of para-hydroxylation sites is 2. The normalized spacial score (nSPS) is 11.0. The van der Waals surface area contributed by atoms with Crippen LogP contribution < -0.4 is 5.32 Å². The van der Waals surface area contributed by atoms with E-state index in [1.807, 2.05) is 59.2 Å². The maximum Gasteiger partial charge on any atom is 0.251 e. The molecule has 0 fully saturated rings. The second kappa shape index (κ2) is 8.57. The molecular formula is C22H16BrCl2N3O. The molecule has 1 heterocycles. The van der Waals surface area contributed by atoms with Crippen LogP contribution in [0, 0.1) is 0 Å². The van der Waals surface area contributed by atoms with Crippen molar-refractivity contribution >= 4 is 56.1 Å². The third kappa shape index (κ3) is 4.32. The molecule has 0 saturated carbocycles. The highest BCUT2D eigenvalue weighted by Crippen LogP contribution is 2.27. The zero-order valence-corrected chi connectivity index (χ0v) is 18.3. The molecule has 0 aliphatic rings. The molecule has 4 nitrogen and oxygen atoms in total. The van der Waals surface area contributed by atoms with Gasteiger partial charge in [0, 0.05) is 25.6 Å². The van der Waals surface area contributed by atoms with Gasteiger partial charge < -0.3 is 9.88 Å². The predicted octanol–water partition coefficient (Wildman–Crippen LogP) is 6.08. The summed E-state index contributed by atoms with van der Waals surface area (Å²) >= 11 is 16.2. The van der Waals surface area contributed by atoms with Crippen molar-refractivity contribution in [2.45, 2.75) is 13.1 Å². The number of hydrogen-bond acceptors (Lipinski definition) is 2. The van der Waals surface area contributed by atoms with Crippen LogP contribution >= 0.6 is 39.1 Å². The van der Waals surface area contributed by atoms with Crippen LogP contribution in [0.1, 0.15) is 21.7 Å². The standard InChI is InChI=1S/C22H16BrCl2N3O/c23-15-6-3-5-14(11-15)22(29)26-12-21-27-19-9-1-2-10-20(19)28(21)13-16-17(24)7-4-8-18(16)25/h1-11H,12-13H2,(H,26,29). The first-order valence-corrected chi connectivity index (χ1v) is 10.5. The summed E-state index contributed by atoms with van der Waals surface area (Å²) in [5, 5.41) is 4.14. The Morgan fingerprint density at radius 3 is 2.48 bits per heavy atom. The van der Waals surface area contributed by atoms with Gasteiger partial charge in [-0.05, 0) is 42.5 Å². The van der Waals surface area contributed by atoms with E-state index in [2.05, 4.69) is 21.2 Å². The van der Waals surface area contributed by atoms with Crippen LogP contribution in [0.15, 0.2) is 71.2 Å². The topological polar surface area (TPSA) is 46.9 Å². The molecule has 4 rings (SSSR count). The van der Waals surface area contributed by atoms with Gasteiger partial charge in [0.2, 0.25) is 0 Å². The maximum atomic E-state index is 12.6. The highest BCUT2D eigenvalue weighted by molar-refractivity contribution is 9.10. The molecule has 0 saturated heterocycles. The molecule has 1 N–H and O–H groups in total. The third-order valence-corrected chi connectivity index (χ3v) is 5.81. The van der Waals surface area contributed by atoms with Crippen molar-refractivity contribution in [3.05, 3.63) is 98.2 Å². The fourth-order valence-electron chi connectivity index (χ4n) is 3.17. The van der Waals surface area contributed by atoms with Crippen molar-refractivity contribution in [2.75, 3.05) is 0 Å². The quantitative estimate of drug-likeness (QED) is 0.369. The van der Waals surface area contributed by atoms with E-state index in [0.29, 0.717) is 22.2 Å². The molecule has 7 heteroatoms. The number of carbonyl (C=O) groups is 1. The molecule has 0 bridgehead atoms. The first-order chi connectivity index (χ1) is 14.0. The van der Waals surface area contributed by atoms with E-state index < -0.39 is 0 Å². The van der Waals surface area contributed by atoms with Crippen LogP contribution in [0.2, 0.25) is 10.0 Å². The molecule has 0 aliphatic heterocycles. The Labute approximate surface area is 186 Å². The highest BCUT2D eigenvalue weighted by atomic mass is 79.9. The average molecular weight is 489 g/mol. The largest absolute Gasteiger partial charge is 0.345 e. The Kier molecular flexibility index (Phi) is 5.90. The minimum absolute atomic E-state index is 0.166. The van der Waals surface area contributed by atoms with Gasteiger partial charge in [-0.1, -0.05) is 63.4 Å². The number of imidazole rings is 1. The fraction of sp³-hybridized carbons (Fsp3) is 0.0909. The SMILES string of the molecule is O=C(NCc1nc2ccccc2n1Cc1c(Cl)cccc1Cl)c1cccc(Br)c1. The summed E-state index contributed by atoms with van der Waals surface area (Å²) in [6, 6.07) is 20.5. The molecule has 0 aliphatic carbocycles. The Morgan fingerprint density at radius 1 is 1.00 bits per heavy atom. The molecule has 146 valence electrons. The summed E-state index contributed by atoms with van der Waals surface area (Å²) in [5.74, 6) is 0.561. The summed E-state index contributed by atoms with van der Waals surface area (Å²) in [6.07, 6.45) is 0. The van der Waals surface area contributed by atoms with Gasteiger partial charge in [0.15, 0.2) is 0 Å². The second-order valence-corrected chi connectivity index (χ2v) is 8.23. The first kappa shape index (κ1) is 20.0. The number of amides is 1. The molecule has 29 heavy (non-hydrogen) atoms. The second-order valence-electron chi connectivity index (χ2n) is 6.50. The van der Waals surface area contributed by atoms with E-state index in [-0.39, 0.29) is 12.5 Å². The summed E-state index contributed by atoms with van der Waals surface area (Å²) in [5.41, 5.74) is 3.20. The lowest BCUT2D eigenvalue weighted by molar-refractivity contribution is 0.0949.